The third-order valence-corrected chi connectivity index (χ3v) is 2.49. The molecule has 1 aromatic carbocycles. The number of nitrogens with zero attached hydrogens (tertiary/aromatic N) is 1. The Kier molecular flexibility index (Phi) is 3.46. The molecule has 0 spiro atoms. The van der Waals surface area contributed by atoms with Crippen LogP contribution in [0.15, 0.2) is 30.5 Å². The maximum Gasteiger partial charge on any atom is 0.339 e. The molecule has 0 bridgehead atoms. The van der Waals surface area contributed by atoms with E-state index in [1.165, 1.54) is 13.3 Å². The normalized spacial score (nSPS) is 9.95. The molecular weight excluding hydrogens is 248 g/mol. The summed E-state index contributed by atoms with van der Waals surface area (Å²) in [5.74, 6) is -0.827. The molecule has 0 aliphatic rings. The molecular formula is C12H12N4O3. The average molecular weight is 260 g/mol. The van der Waals surface area contributed by atoms with Crippen LogP contribution in [0.25, 0.3) is 0 Å². The molecule has 0 aliphatic carbocycles. The Morgan fingerprint density at radius 3 is 2.68 bits per heavy atom. The molecule has 0 aliphatic heterocycles. The number of aromatic nitrogens is 2. The van der Waals surface area contributed by atoms with Crippen LogP contribution >= 0.6 is 0 Å². The third-order valence-electron chi connectivity index (χ3n) is 2.49. The Labute approximate surface area is 108 Å². The first-order chi connectivity index (χ1) is 9.13. The lowest BCUT2D eigenvalue weighted by Crippen LogP contribution is -2.16. The molecule has 1 heterocycles. The second kappa shape index (κ2) is 5.21. The van der Waals surface area contributed by atoms with E-state index in [2.05, 4.69) is 20.3 Å². The predicted molar refractivity (Wildman–Crippen MR) is 68.7 cm³/mol. The number of methoxy groups -OCH3 is 1. The van der Waals surface area contributed by atoms with E-state index in [1.54, 1.807) is 24.3 Å². The highest BCUT2D eigenvalue weighted by atomic mass is 16.5. The summed E-state index contributed by atoms with van der Waals surface area (Å²) in [6.07, 6.45) is 1.31. The molecule has 0 unspecified atom stereocenters. The Hall–Kier alpha value is -2.83. The van der Waals surface area contributed by atoms with Gasteiger partial charge in [0.1, 0.15) is 11.4 Å². The number of carbonyl (C=O) groups is 2. The van der Waals surface area contributed by atoms with Gasteiger partial charge in [0.15, 0.2) is 0 Å². The van der Waals surface area contributed by atoms with E-state index in [4.69, 9.17) is 5.73 Å². The van der Waals surface area contributed by atoms with Crippen LogP contribution in [0.3, 0.4) is 0 Å². The van der Waals surface area contributed by atoms with E-state index >= 15 is 0 Å². The number of para-hydroxylation sites is 1. The zero-order valence-corrected chi connectivity index (χ0v) is 10.1. The van der Waals surface area contributed by atoms with Crippen LogP contribution in [-0.4, -0.2) is 29.2 Å². The summed E-state index contributed by atoms with van der Waals surface area (Å²) in [7, 11) is 1.27. The SMILES string of the molecule is COC(=O)c1ccccc1NC(=O)c1cn[nH]c1N. The van der Waals surface area contributed by atoms with Gasteiger partial charge in [-0.3, -0.25) is 9.89 Å². The lowest BCUT2D eigenvalue weighted by Gasteiger charge is -2.08. The summed E-state index contributed by atoms with van der Waals surface area (Å²) in [6.45, 7) is 0. The van der Waals surface area contributed by atoms with Crippen molar-refractivity contribution in [2.75, 3.05) is 18.2 Å². The van der Waals surface area contributed by atoms with Gasteiger partial charge in [0.25, 0.3) is 5.91 Å². The Morgan fingerprint density at radius 1 is 1.32 bits per heavy atom. The molecule has 2 aromatic rings. The Bertz CT molecular complexity index is 621. The first-order valence-electron chi connectivity index (χ1n) is 5.41. The summed E-state index contributed by atoms with van der Waals surface area (Å²) < 4.78 is 4.64. The lowest BCUT2D eigenvalue weighted by atomic mass is 10.1. The van der Waals surface area contributed by atoms with E-state index < -0.39 is 11.9 Å². The average Bonchev–Trinajstić information content (AvgIpc) is 2.85. The third kappa shape index (κ3) is 2.54. The first-order valence-corrected chi connectivity index (χ1v) is 5.41. The quantitative estimate of drug-likeness (QED) is 0.714. The number of amides is 1. The number of nitrogens with one attached hydrogen (secondary N) is 2. The maximum atomic E-state index is 12.0. The van der Waals surface area contributed by atoms with Crippen LogP contribution in [0.1, 0.15) is 20.7 Å². The number of nitrogen functional groups attached to an aromatic ring is 1. The van der Waals surface area contributed by atoms with Gasteiger partial charge in [-0.1, -0.05) is 12.1 Å². The molecule has 98 valence electrons. The van der Waals surface area contributed by atoms with Crippen LogP contribution < -0.4 is 11.1 Å². The second-order valence-corrected chi connectivity index (χ2v) is 3.69. The zero-order chi connectivity index (χ0) is 13.8. The van der Waals surface area contributed by atoms with E-state index in [-0.39, 0.29) is 16.9 Å². The molecule has 0 saturated carbocycles. The number of rotatable bonds is 3. The number of hydrogen-bond donors (Lipinski definition) is 3. The van der Waals surface area contributed by atoms with Crippen LogP contribution in [0.5, 0.6) is 0 Å². The first kappa shape index (κ1) is 12.6. The van der Waals surface area contributed by atoms with Crippen molar-refractivity contribution in [3.05, 3.63) is 41.6 Å². The van der Waals surface area contributed by atoms with Crippen molar-refractivity contribution in [3.63, 3.8) is 0 Å². The maximum absolute atomic E-state index is 12.0. The van der Waals surface area contributed by atoms with Crippen LogP contribution in [0.4, 0.5) is 11.5 Å². The van der Waals surface area contributed by atoms with Gasteiger partial charge >= 0.3 is 5.97 Å². The predicted octanol–water partition coefficient (Wildman–Crippen LogP) is 1.03. The van der Waals surface area contributed by atoms with Crippen molar-refractivity contribution in [1.82, 2.24) is 10.2 Å². The molecule has 2 rings (SSSR count). The van der Waals surface area contributed by atoms with Crippen molar-refractivity contribution in [3.8, 4) is 0 Å². The number of ether oxygens (including phenoxy) is 1. The van der Waals surface area contributed by atoms with Gasteiger partial charge in [0.05, 0.1) is 24.6 Å². The van der Waals surface area contributed by atoms with Crippen molar-refractivity contribution in [2.24, 2.45) is 0 Å². The number of benzene rings is 1. The van der Waals surface area contributed by atoms with E-state index in [1.807, 2.05) is 0 Å². The smallest absolute Gasteiger partial charge is 0.339 e. The summed E-state index contributed by atoms with van der Waals surface area (Å²) in [5, 5.41) is 8.70. The summed E-state index contributed by atoms with van der Waals surface area (Å²) in [6, 6.07) is 6.52. The van der Waals surface area contributed by atoms with Crippen molar-refractivity contribution >= 4 is 23.4 Å². The van der Waals surface area contributed by atoms with Crippen molar-refractivity contribution in [1.29, 1.82) is 0 Å². The molecule has 7 heteroatoms. The number of carbonyl (C=O) groups excluding carboxylic acids is 2. The molecule has 1 amide bonds. The molecule has 0 saturated heterocycles. The van der Waals surface area contributed by atoms with Gasteiger partial charge < -0.3 is 15.8 Å². The fourth-order valence-corrected chi connectivity index (χ4v) is 1.55. The number of anilines is 2. The number of nitrogens with two attached hydrogens (primary N) is 1. The van der Waals surface area contributed by atoms with E-state index in [0.29, 0.717) is 5.69 Å². The summed E-state index contributed by atoms with van der Waals surface area (Å²) in [5.41, 5.74) is 6.37. The second-order valence-electron chi connectivity index (χ2n) is 3.69. The van der Waals surface area contributed by atoms with Crippen LogP contribution in [0, 0.1) is 0 Å². The molecule has 0 atom stereocenters. The fourth-order valence-electron chi connectivity index (χ4n) is 1.55. The van der Waals surface area contributed by atoms with Crippen molar-refractivity contribution in [2.45, 2.75) is 0 Å². The van der Waals surface area contributed by atoms with Gasteiger partial charge in [-0.15, -0.1) is 0 Å². The van der Waals surface area contributed by atoms with Gasteiger partial charge in [-0.2, -0.15) is 5.10 Å². The number of aromatic amines is 1. The molecule has 19 heavy (non-hydrogen) atoms. The zero-order valence-electron chi connectivity index (χ0n) is 10.1. The Balaban J connectivity index is 2.27. The minimum Gasteiger partial charge on any atom is -0.465 e. The summed E-state index contributed by atoms with van der Waals surface area (Å²) in [4.78, 5) is 23.5. The molecule has 0 radical (unpaired) electrons. The minimum atomic E-state index is -0.531. The standard InChI is InChI=1S/C12H12N4O3/c1-19-12(18)7-4-2-3-5-9(7)15-11(17)8-6-14-16-10(8)13/h2-6H,1H3,(H,15,17)(H3,13,14,16). The minimum absolute atomic E-state index is 0.160. The summed E-state index contributed by atoms with van der Waals surface area (Å²) >= 11 is 0. The van der Waals surface area contributed by atoms with Gasteiger partial charge in [-0.05, 0) is 12.1 Å². The van der Waals surface area contributed by atoms with Crippen LogP contribution in [-0.2, 0) is 4.74 Å². The van der Waals surface area contributed by atoms with E-state index in [9.17, 15) is 9.59 Å². The topological polar surface area (TPSA) is 110 Å². The van der Waals surface area contributed by atoms with Crippen molar-refractivity contribution < 1.29 is 14.3 Å². The van der Waals surface area contributed by atoms with E-state index in [0.717, 1.165) is 0 Å². The molecule has 4 N–H and O–H groups in total. The number of hydrogen-bond acceptors (Lipinski definition) is 5. The van der Waals surface area contributed by atoms with Gasteiger partial charge in [0.2, 0.25) is 0 Å². The number of H-pyrrole nitrogens is 1. The molecule has 1 aromatic heterocycles. The molecule has 0 fully saturated rings. The number of esters is 1. The lowest BCUT2D eigenvalue weighted by molar-refractivity contribution is 0.0602. The van der Waals surface area contributed by atoms with Crippen LogP contribution in [0.2, 0.25) is 0 Å². The monoisotopic (exact) mass is 260 g/mol. The van der Waals surface area contributed by atoms with Gasteiger partial charge in [-0.25, -0.2) is 4.79 Å². The highest BCUT2D eigenvalue weighted by molar-refractivity contribution is 6.09. The highest BCUT2D eigenvalue weighted by Gasteiger charge is 2.16. The largest absolute Gasteiger partial charge is 0.465 e. The molecule has 7 nitrogen and oxygen atoms in total. The Morgan fingerprint density at radius 2 is 2.05 bits per heavy atom. The fraction of sp³-hybridized carbons (Fsp3) is 0.0833. The highest BCUT2D eigenvalue weighted by Crippen LogP contribution is 2.18. The van der Waals surface area contributed by atoms with Gasteiger partial charge in [0, 0.05) is 0 Å².